The van der Waals surface area contributed by atoms with Gasteiger partial charge in [-0.25, -0.2) is 9.98 Å². The monoisotopic (exact) mass is 298 g/mol. The van der Waals surface area contributed by atoms with Gasteiger partial charge >= 0.3 is 0 Å². The van der Waals surface area contributed by atoms with Gasteiger partial charge in [0.2, 0.25) is 0 Å². The predicted molar refractivity (Wildman–Crippen MR) is 83.0 cm³/mol. The fourth-order valence-corrected chi connectivity index (χ4v) is 2.72. The van der Waals surface area contributed by atoms with Crippen molar-refractivity contribution >= 4 is 17.5 Å². The number of hydrogen-bond donors (Lipinski definition) is 0. The normalized spacial score (nSPS) is 19.5. The number of amides is 2. The number of carbonyl (C=O) groups is 2. The maximum absolute atomic E-state index is 12.2. The van der Waals surface area contributed by atoms with Gasteiger partial charge in [-0.15, -0.1) is 0 Å². The number of likely N-dealkylation sites (N-methyl/N-ethyl adjacent to an activating group) is 1. The van der Waals surface area contributed by atoms with Crippen LogP contribution >= 0.6 is 0 Å². The van der Waals surface area contributed by atoms with Gasteiger partial charge < -0.3 is 9.47 Å². The minimum Gasteiger partial charge on any atom is -0.345 e. The third-order valence-electron chi connectivity index (χ3n) is 3.79. The lowest BCUT2D eigenvalue weighted by atomic mass is 9.97. The Kier molecular flexibility index (Phi) is 3.31. The van der Waals surface area contributed by atoms with E-state index in [2.05, 4.69) is 9.98 Å². The first-order valence-electron chi connectivity index (χ1n) is 7.21. The highest BCUT2D eigenvalue weighted by molar-refractivity contribution is 6.16. The van der Waals surface area contributed by atoms with E-state index in [-0.39, 0.29) is 23.8 Å². The van der Waals surface area contributed by atoms with Crippen LogP contribution in [-0.4, -0.2) is 46.1 Å². The molecular weight excluding hydrogens is 280 g/mol. The summed E-state index contributed by atoms with van der Waals surface area (Å²) < 4.78 is 1.92. The van der Waals surface area contributed by atoms with Crippen LogP contribution in [0.25, 0.3) is 0 Å². The smallest absolute Gasteiger partial charge is 0.295 e. The molecule has 1 unspecified atom stereocenters. The molecule has 6 nitrogen and oxygen atoms in total. The Labute approximate surface area is 128 Å². The molecule has 0 aromatic carbocycles. The summed E-state index contributed by atoms with van der Waals surface area (Å²) in [6.07, 6.45) is 6.96. The zero-order valence-electron chi connectivity index (χ0n) is 13.1. The summed E-state index contributed by atoms with van der Waals surface area (Å²) in [5.41, 5.74) is 1.62. The van der Waals surface area contributed by atoms with Crippen molar-refractivity contribution in [1.29, 1.82) is 0 Å². The summed E-state index contributed by atoms with van der Waals surface area (Å²) in [5.74, 6) is 0.628. The van der Waals surface area contributed by atoms with Crippen LogP contribution in [0.2, 0.25) is 0 Å². The van der Waals surface area contributed by atoms with Gasteiger partial charge in [0.25, 0.3) is 11.8 Å². The molecule has 1 aliphatic carbocycles. The summed E-state index contributed by atoms with van der Waals surface area (Å²) >= 11 is 0. The minimum absolute atomic E-state index is 0.106. The van der Waals surface area contributed by atoms with Crippen molar-refractivity contribution in [2.45, 2.75) is 25.8 Å². The van der Waals surface area contributed by atoms with Gasteiger partial charge in [0.1, 0.15) is 11.5 Å². The molecule has 0 radical (unpaired) electrons. The van der Waals surface area contributed by atoms with E-state index in [1.165, 1.54) is 4.90 Å². The number of carbonyl (C=O) groups excluding carboxylic acids is 2. The average Bonchev–Trinajstić information content (AvgIpc) is 2.91. The molecule has 6 heteroatoms. The highest BCUT2D eigenvalue weighted by Gasteiger charge is 2.32. The molecule has 0 spiro atoms. The summed E-state index contributed by atoms with van der Waals surface area (Å²) in [7, 11) is 3.39. The largest absolute Gasteiger partial charge is 0.345 e. The topological polar surface area (TPSA) is 67.6 Å². The van der Waals surface area contributed by atoms with Crippen LogP contribution in [-0.2, 0) is 4.79 Å². The van der Waals surface area contributed by atoms with Crippen molar-refractivity contribution in [3.63, 3.8) is 0 Å². The number of rotatable bonds is 2. The average molecular weight is 298 g/mol. The van der Waals surface area contributed by atoms with E-state index in [1.807, 2.05) is 24.5 Å². The Morgan fingerprint density at radius 1 is 1.36 bits per heavy atom. The van der Waals surface area contributed by atoms with Gasteiger partial charge in [-0.05, 0) is 6.08 Å². The molecule has 22 heavy (non-hydrogen) atoms. The highest BCUT2D eigenvalue weighted by Crippen LogP contribution is 2.30. The van der Waals surface area contributed by atoms with E-state index in [4.69, 9.17) is 0 Å². The van der Waals surface area contributed by atoms with E-state index in [0.717, 1.165) is 5.82 Å². The van der Waals surface area contributed by atoms with E-state index in [0.29, 0.717) is 17.0 Å². The van der Waals surface area contributed by atoms with Crippen molar-refractivity contribution in [2.75, 3.05) is 14.1 Å². The molecule has 2 heterocycles. The van der Waals surface area contributed by atoms with Gasteiger partial charge in [-0.3, -0.25) is 9.59 Å². The number of imidazole rings is 1. The molecule has 114 valence electrons. The van der Waals surface area contributed by atoms with E-state index in [9.17, 15) is 9.59 Å². The second-order valence-electron chi connectivity index (χ2n) is 5.97. The molecule has 1 aromatic heterocycles. The summed E-state index contributed by atoms with van der Waals surface area (Å²) in [4.78, 5) is 34.3. The molecule has 2 amide bonds. The zero-order valence-corrected chi connectivity index (χ0v) is 13.1. The molecule has 1 aliphatic heterocycles. The van der Waals surface area contributed by atoms with Crippen LogP contribution < -0.4 is 0 Å². The third kappa shape index (κ3) is 2.11. The first-order chi connectivity index (χ1) is 10.4. The number of hydrogen-bond acceptors (Lipinski definition) is 3. The quantitative estimate of drug-likeness (QED) is 0.835. The van der Waals surface area contributed by atoms with Gasteiger partial charge in [-0.2, -0.15) is 0 Å². The number of aliphatic imine (C=N–C) groups is 1. The molecular formula is C16H18N4O2. The summed E-state index contributed by atoms with van der Waals surface area (Å²) in [6.45, 7) is 4.07. The Morgan fingerprint density at radius 2 is 2.09 bits per heavy atom. The maximum Gasteiger partial charge on any atom is 0.295 e. The molecule has 0 saturated carbocycles. The van der Waals surface area contributed by atoms with E-state index < -0.39 is 0 Å². The lowest BCUT2D eigenvalue weighted by Gasteiger charge is -2.27. The molecule has 2 aliphatic rings. The fraction of sp³-hybridized carbons (Fsp3) is 0.375. The van der Waals surface area contributed by atoms with Crippen molar-refractivity contribution in [3.05, 3.63) is 41.5 Å². The lowest BCUT2D eigenvalue weighted by Crippen LogP contribution is -2.31. The Balaban J connectivity index is 2.07. The maximum atomic E-state index is 12.2. The van der Waals surface area contributed by atoms with Gasteiger partial charge in [0.15, 0.2) is 0 Å². The van der Waals surface area contributed by atoms with Gasteiger partial charge in [0.05, 0.1) is 18.0 Å². The second-order valence-corrected chi connectivity index (χ2v) is 5.97. The zero-order chi connectivity index (χ0) is 16.0. The number of fused-ring (bicyclic) bond motifs is 3. The van der Waals surface area contributed by atoms with E-state index in [1.54, 1.807) is 32.4 Å². The molecule has 0 fully saturated rings. The van der Waals surface area contributed by atoms with Crippen molar-refractivity contribution in [2.24, 2.45) is 4.99 Å². The number of allylic oxidation sites excluding steroid dienone is 2. The summed E-state index contributed by atoms with van der Waals surface area (Å²) in [6, 6.07) is -0.175. The van der Waals surface area contributed by atoms with Crippen LogP contribution in [0.15, 0.2) is 35.0 Å². The van der Waals surface area contributed by atoms with Crippen molar-refractivity contribution in [1.82, 2.24) is 14.5 Å². The first-order valence-corrected chi connectivity index (χ1v) is 7.21. The second kappa shape index (κ2) is 5.05. The molecule has 0 N–H and O–H groups in total. The molecule has 1 atom stereocenters. The number of nitrogens with zero attached hydrogens (tertiary/aromatic N) is 4. The minimum atomic E-state index is -0.311. The van der Waals surface area contributed by atoms with Gasteiger partial charge in [-0.1, -0.05) is 26.0 Å². The lowest BCUT2D eigenvalue weighted by molar-refractivity contribution is -0.124. The number of aromatic nitrogens is 2. The Bertz CT molecular complexity index is 750. The van der Waals surface area contributed by atoms with Crippen LogP contribution in [0.5, 0.6) is 0 Å². The Hall–Kier alpha value is -2.50. The van der Waals surface area contributed by atoms with Crippen LogP contribution in [0, 0.1) is 0 Å². The SMILES string of the molecule is CC(C)c1ncc2n1C1C=CC(C(=O)N(C)C)=CC1=NC2=O. The molecule has 3 rings (SSSR count). The van der Waals surface area contributed by atoms with Crippen molar-refractivity contribution < 1.29 is 9.59 Å². The van der Waals surface area contributed by atoms with E-state index >= 15 is 0 Å². The van der Waals surface area contributed by atoms with Crippen LogP contribution in [0.4, 0.5) is 0 Å². The molecule has 0 saturated heterocycles. The van der Waals surface area contributed by atoms with Gasteiger partial charge in [0, 0.05) is 25.6 Å². The van der Waals surface area contributed by atoms with Crippen molar-refractivity contribution in [3.8, 4) is 0 Å². The third-order valence-corrected chi connectivity index (χ3v) is 3.79. The Morgan fingerprint density at radius 3 is 2.73 bits per heavy atom. The fourth-order valence-electron chi connectivity index (χ4n) is 2.72. The molecule has 1 aromatic rings. The summed E-state index contributed by atoms with van der Waals surface area (Å²) in [5, 5.41) is 0. The predicted octanol–water partition coefficient (Wildman–Crippen LogP) is 1.73. The van der Waals surface area contributed by atoms with Crippen LogP contribution in [0.3, 0.4) is 0 Å². The standard InChI is InChI=1S/C16H18N4O2/c1-9(2)14-17-8-13-15(21)18-11-7-10(16(22)19(3)4)5-6-12(11)20(13)14/h5-9,12H,1-4H3. The van der Waals surface area contributed by atoms with Crippen LogP contribution in [0.1, 0.15) is 42.1 Å². The first kappa shape index (κ1) is 14.4. The highest BCUT2D eigenvalue weighted by atomic mass is 16.2. The molecule has 0 bridgehead atoms.